The molecule has 0 aromatic carbocycles. The zero-order valence-electron chi connectivity index (χ0n) is 11.7. The van der Waals surface area contributed by atoms with Crippen LogP contribution in [0.4, 0.5) is 0 Å². The van der Waals surface area contributed by atoms with Gasteiger partial charge in [-0.2, -0.15) is 0 Å². The van der Waals surface area contributed by atoms with E-state index in [-0.39, 0.29) is 0 Å². The Balaban J connectivity index is 1.70. The van der Waals surface area contributed by atoms with Gasteiger partial charge in [-0.05, 0) is 69.1 Å². The third-order valence-corrected chi connectivity index (χ3v) is 5.34. The van der Waals surface area contributed by atoms with Crippen LogP contribution in [0.1, 0.15) is 64.2 Å². The van der Waals surface area contributed by atoms with E-state index < -0.39 is 0 Å². The van der Waals surface area contributed by atoms with E-state index >= 15 is 0 Å². The first-order valence-electron chi connectivity index (χ1n) is 7.90. The average Bonchev–Trinajstić information content (AvgIpc) is 2.46. The van der Waals surface area contributed by atoms with Crippen molar-refractivity contribution in [2.45, 2.75) is 64.2 Å². The fourth-order valence-electron chi connectivity index (χ4n) is 4.06. The molecule has 0 aromatic heterocycles. The van der Waals surface area contributed by atoms with E-state index in [1.807, 2.05) is 0 Å². The molecule has 0 aromatic rings. The van der Waals surface area contributed by atoms with Crippen molar-refractivity contribution in [3.05, 3.63) is 12.7 Å². The Morgan fingerprint density at radius 2 is 1.50 bits per heavy atom. The van der Waals surface area contributed by atoms with Gasteiger partial charge in [0.2, 0.25) is 0 Å². The van der Waals surface area contributed by atoms with E-state index in [9.17, 15) is 0 Å². The molecule has 2 aliphatic rings. The monoisotopic (exact) mass is 244 g/mol. The number of rotatable bonds is 4. The summed E-state index contributed by atoms with van der Waals surface area (Å²) in [7, 11) is 0. The van der Waals surface area contributed by atoms with Crippen LogP contribution in [-0.2, 0) is 0 Å². The minimum atomic E-state index is 0.588. The molecule has 0 spiro atoms. The second kappa shape index (κ2) is 7.03. The highest BCUT2D eigenvalue weighted by Crippen LogP contribution is 2.41. The molecule has 0 unspecified atom stereocenters. The summed E-state index contributed by atoms with van der Waals surface area (Å²) in [6, 6.07) is 0. The lowest BCUT2D eigenvalue weighted by Gasteiger charge is -2.37. The highest BCUT2D eigenvalue weighted by atomic mass is 14.3. The summed E-state index contributed by atoms with van der Waals surface area (Å²) < 4.78 is 0. The molecule has 0 amide bonds. The van der Waals surface area contributed by atoms with Crippen LogP contribution in [0.15, 0.2) is 12.7 Å². The lowest BCUT2D eigenvalue weighted by Crippen LogP contribution is -2.25. The van der Waals surface area contributed by atoms with E-state index in [0.29, 0.717) is 5.92 Å². The van der Waals surface area contributed by atoms with Crippen LogP contribution in [0.2, 0.25) is 0 Å². The first kappa shape index (κ1) is 13.7. The lowest BCUT2D eigenvalue weighted by atomic mass is 9.69. The van der Waals surface area contributed by atoms with Gasteiger partial charge in [0, 0.05) is 5.92 Å². The molecule has 2 fully saturated rings. The maximum Gasteiger partial charge on any atom is 0.0200 e. The Bertz CT molecular complexity index is 280. The molecular weight excluding hydrogens is 216 g/mol. The zero-order valence-corrected chi connectivity index (χ0v) is 11.7. The maximum absolute atomic E-state index is 5.53. The fourth-order valence-corrected chi connectivity index (χ4v) is 4.06. The molecule has 0 nitrogen and oxygen atoms in total. The molecule has 100 valence electrons. The molecular formula is C18H28. The van der Waals surface area contributed by atoms with Crippen LogP contribution in [-0.4, -0.2) is 0 Å². The van der Waals surface area contributed by atoms with Crippen LogP contribution in [0, 0.1) is 36.0 Å². The number of allylic oxidation sites excluding steroid dienone is 1. The first-order valence-corrected chi connectivity index (χ1v) is 7.90. The van der Waals surface area contributed by atoms with Crippen LogP contribution in [0.3, 0.4) is 0 Å². The van der Waals surface area contributed by atoms with Gasteiger partial charge in [0.05, 0.1) is 0 Å². The van der Waals surface area contributed by atoms with Crippen LogP contribution >= 0.6 is 0 Å². The quantitative estimate of drug-likeness (QED) is 0.471. The van der Waals surface area contributed by atoms with Crippen LogP contribution in [0.25, 0.3) is 0 Å². The SMILES string of the molecule is C#CC1CCC(C2CCC(CCC=C)CC2)CC1. The summed E-state index contributed by atoms with van der Waals surface area (Å²) in [6.45, 7) is 3.83. The molecule has 0 radical (unpaired) electrons. The van der Waals surface area contributed by atoms with Gasteiger partial charge in [0.1, 0.15) is 0 Å². The Morgan fingerprint density at radius 3 is 2.00 bits per heavy atom. The fraction of sp³-hybridized carbons (Fsp3) is 0.778. The third-order valence-electron chi connectivity index (χ3n) is 5.34. The number of terminal acetylenes is 1. The Kier molecular flexibility index (Phi) is 5.36. The summed E-state index contributed by atoms with van der Waals surface area (Å²) in [6.07, 6.45) is 21.5. The van der Waals surface area contributed by atoms with Crippen molar-refractivity contribution in [3.63, 3.8) is 0 Å². The third kappa shape index (κ3) is 3.64. The molecule has 2 rings (SSSR count). The van der Waals surface area contributed by atoms with Gasteiger partial charge < -0.3 is 0 Å². The molecule has 18 heavy (non-hydrogen) atoms. The second-order valence-electron chi connectivity index (χ2n) is 6.43. The predicted octanol–water partition coefficient (Wildman–Crippen LogP) is 5.20. The second-order valence-corrected chi connectivity index (χ2v) is 6.43. The zero-order chi connectivity index (χ0) is 12.8. The number of hydrogen-bond acceptors (Lipinski definition) is 0. The highest BCUT2D eigenvalue weighted by Gasteiger charge is 2.30. The van der Waals surface area contributed by atoms with Gasteiger partial charge in [0.15, 0.2) is 0 Å². The summed E-state index contributed by atoms with van der Waals surface area (Å²) in [5, 5.41) is 0. The Labute approximate surface area is 113 Å². The Morgan fingerprint density at radius 1 is 0.944 bits per heavy atom. The van der Waals surface area contributed by atoms with Gasteiger partial charge in [-0.25, -0.2) is 0 Å². The molecule has 0 bridgehead atoms. The van der Waals surface area contributed by atoms with E-state index in [1.165, 1.54) is 64.2 Å². The number of hydrogen-bond donors (Lipinski definition) is 0. The molecule has 0 saturated heterocycles. The highest BCUT2D eigenvalue weighted by molar-refractivity contribution is 4.96. The topological polar surface area (TPSA) is 0 Å². The minimum absolute atomic E-state index is 0.588. The molecule has 0 atom stereocenters. The minimum Gasteiger partial charge on any atom is -0.120 e. The standard InChI is InChI=1S/C18H28/c1-3-5-6-16-9-13-18(14-10-16)17-11-7-15(4-2)8-12-17/h2-3,15-18H,1,5-14H2. The van der Waals surface area contributed by atoms with E-state index in [4.69, 9.17) is 6.42 Å². The van der Waals surface area contributed by atoms with Crippen molar-refractivity contribution in [2.24, 2.45) is 23.7 Å². The van der Waals surface area contributed by atoms with Gasteiger partial charge in [-0.1, -0.05) is 18.9 Å². The molecule has 0 heterocycles. The summed E-state index contributed by atoms with van der Waals surface area (Å²) >= 11 is 0. The summed E-state index contributed by atoms with van der Waals surface area (Å²) in [4.78, 5) is 0. The first-order chi connectivity index (χ1) is 8.83. The van der Waals surface area contributed by atoms with Crippen molar-refractivity contribution >= 4 is 0 Å². The van der Waals surface area contributed by atoms with Crippen molar-refractivity contribution in [1.29, 1.82) is 0 Å². The molecule has 2 aliphatic carbocycles. The van der Waals surface area contributed by atoms with Crippen LogP contribution < -0.4 is 0 Å². The smallest absolute Gasteiger partial charge is 0.0200 e. The van der Waals surface area contributed by atoms with Gasteiger partial charge >= 0.3 is 0 Å². The van der Waals surface area contributed by atoms with Crippen molar-refractivity contribution in [3.8, 4) is 12.3 Å². The van der Waals surface area contributed by atoms with Gasteiger partial charge in [-0.15, -0.1) is 18.9 Å². The van der Waals surface area contributed by atoms with E-state index in [1.54, 1.807) is 0 Å². The summed E-state index contributed by atoms with van der Waals surface area (Å²) in [5.41, 5.74) is 0. The normalized spacial score (nSPS) is 36.8. The van der Waals surface area contributed by atoms with E-state index in [2.05, 4.69) is 18.6 Å². The molecule has 0 aliphatic heterocycles. The molecule has 0 N–H and O–H groups in total. The summed E-state index contributed by atoms with van der Waals surface area (Å²) in [5.74, 6) is 6.54. The van der Waals surface area contributed by atoms with Crippen molar-refractivity contribution < 1.29 is 0 Å². The van der Waals surface area contributed by atoms with Crippen molar-refractivity contribution in [2.75, 3.05) is 0 Å². The lowest BCUT2D eigenvalue weighted by molar-refractivity contribution is 0.154. The van der Waals surface area contributed by atoms with Gasteiger partial charge in [-0.3, -0.25) is 0 Å². The molecule has 2 saturated carbocycles. The largest absolute Gasteiger partial charge is 0.120 e. The Hall–Kier alpha value is -0.700. The van der Waals surface area contributed by atoms with Gasteiger partial charge in [0.25, 0.3) is 0 Å². The van der Waals surface area contributed by atoms with Crippen LogP contribution in [0.5, 0.6) is 0 Å². The maximum atomic E-state index is 5.53. The van der Waals surface area contributed by atoms with Crippen molar-refractivity contribution in [1.82, 2.24) is 0 Å². The average molecular weight is 244 g/mol. The predicted molar refractivity (Wildman–Crippen MR) is 79.2 cm³/mol. The van der Waals surface area contributed by atoms with E-state index in [0.717, 1.165) is 17.8 Å². The molecule has 0 heteroatoms.